The molecule has 0 radical (unpaired) electrons. The lowest BCUT2D eigenvalue weighted by Gasteiger charge is -2.09. The lowest BCUT2D eigenvalue weighted by Crippen LogP contribution is -2.28. The Morgan fingerprint density at radius 2 is 2.05 bits per heavy atom. The Bertz CT molecular complexity index is 631. The van der Waals surface area contributed by atoms with Gasteiger partial charge in [0.05, 0.1) is 5.69 Å². The molecule has 3 nitrogen and oxygen atoms in total. The van der Waals surface area contributed by atoms with Crippen LogP contribution in [0.5, 0.6) is 0 Å². The molecule has 2 N–H and O–H groups in total. The number of hydrogen-bond donors (Lipinski definition) is 2. The molecule has 0 aliphatic rings. The molecule has 104 valence electrons. The van der Waals surface area contributed by atoms with E-state index in [2.05, 4.69) is 26.6 Å². The second-order valence-electron chi connectivity index (χ2n) is 4.42. The van der Waals surface area contributed by atoms with Gasteiger partial charge in [0, 0.05) is 11.0 Å². The molecular weight excluding hydrogens is 323 g/mol. The van der Waals surface area contributed by atoms with E-state index >= 15 is 0 Å². The van der Waals surface area contributed by atoms with Gasteiger partial charge in [0.2, 0.25) is 0 Å². The number of aryl methyl sites for hydroxylation is 1. The zero-order valence-corrected chi connectivity index (χ0v) is 12.5. The maximum Gasteiger partial charge on any atom is 0.319 e. The summed E-state index contributed by atoms with van der Waals surface area (Å²) in [6.07, 6.45) is 0. The highest BCUT2D eigenvalue weighted by Gasteiger charge is 2.06. The van der Waals surface area contributed by atoms with E-state index in [0.717, 1.165) is 11.1 Å². The molecule has 20 heavy (non-hydrogen) atoms. The van der Waals surface area contributed by atoms with Crippen LogP contribution >= 0.6 is 15.9 Å². The fourth-order valence-corrected chi connectivity index (χ4v) is 2.21. The van der Waals surface area contributed by atoms with Gasteiger partial charge in [0.15, 0.2) is 0 Å². The van der Waals surface area contributed by atoms with Gasteiger partial charge in [-0.25, -0.2) is 9.18 Å². The first-order valence-electron chi connectivity index (χ1n) is 6.10. The standard InChI is InChI=1S/C15H14BrFN2O/c1-10-3-2-4-11(7-10)9-18-15(20)19-14-6-5-12(17)8-13(14)16/h2-8H,9H2,1H3,(H2,18,19,20). The Labute approximate surface area is 125 Å². The predicted molar refractivity (Wildman–Crippen MR) is 81.1 cm³/mol. The highest BCUT2D eigenvalue weighted by atomic mass is 79.9. The van der Waals surface area contributed by atoms with E-state index in [9.17, 15) is 9.18 Å². The van der Waals surface area contributed by atoms with Gasteiger partial charge in [0.25, 0.3) is 0 Å². The van der Waals surface area contributed by atoms with Crippen LogP contribution in [-0.2, 0) is 6.54 Å². The van der Waals surface area contributed by atoms with Crippen LogP contribution < -0.4 is 10.6 Å². The number of halogens is 2. The van der Waals surface area contributed by atoms with Gasteiger partial charge >= 0.3 is 6.03 Å². The highest BCUT2D eigenvalue weighted by Crippen LogP contribution is 2.22. The van der Waals surface area contributed by atoms with Gasteiger partial charge in [-0.15, -0.1) is 0 Å². The Morgan fingerprint density at radius 3 is 2.75 bits per heavy atom. The summed E-state index contributed by atoms with van der Waals surface area (Å²) in [5, 5.41) is 5.41. The molecule has 0 aliphatic carbocycles. The first-order valence-corrected chi connectivity index (χ1v) is 6.89. The van der Waals surface area contributed by atoms with Crippen molar-refractivity contribution in [3.63, 3.8) is 0 Å². The molecule has 0 unspecified atom stereocenters. The van der Waals surface area contributed by atoms with E-state index < -0.39 is 0 Å². The summed E-state index contributed by atoms with van der Waals surface area (Å²) in [5.74, 6) is -0.359. The number of urea groups is 1. The van der Waals surface area contributed by atoms with Crippen LogP contribution in [0, 0.1) is 12.7 Å². The van der Waals surface area contributed by atoms with E-state index in [0.29, 0.717) is 16.7 Å². The zero-order chi connectivity index (χ0) is 14.5. The van der Waals surface area contributed by atoms with E-state index in [4.69, 9.17) is 0 Å². The van der Waals surface area contributed by atoms with Gasteiger partial charge < -0.3 is 10.6 Å². The molecule has 2 aromatic rings. The van der Waals surface area contributed by atoms with Crippen LogP contribution in [-0.4, -0.2) is 6.03 Å². The smallest absolute Gasteiger partial charge is 0.319 e. The Balaban J connectivity index is 1.92. The summed E-state index contributed by atoms with van der Waals surface area (Å²) in [6.45, 7) is 2.44. The maximum atomic E-state index is 12.9. The average Bonchev–Trinajstić information content (AvgIpc) is 2.40. The summed E-state index contributed by atoms with van der Waals surface area (Å²) in [6, 6.07) is 11.7. The fraction of sp³-hybridized carbons (Fsp3) is 0.133. The molecule has 0 saturated heterocycles. The van der Waals surface area contributed by atoms with E-state index in [1.54, 1.807) is 0 Å². The van der Waals surface area contributed by atoms with Crippen molar-refractivity contribution in [2.45, 2.75) is 13.5 Å². The second-order valence-corrected chi connectivity index (χ2v) is 5.28. The van der Waals surface area contributed by atoms with Crippen LogP contribution in [0.15, 0.2) is 46.9 Å². The first-order chi connectivity index (χ1) is 9.54. The van der Waals surface area contributed by atoms with Crippen molar-refractivity contribution in [2.75, 3.05) is 5.32 Å². The molecule has 0 aromatic heterocycles. The molecule has 2 rings (SSSR count). The number of nitrogens with one attached hydrogen (secondary N) is 2. The average molecular weight is 337 g/mol. The monoisotopic (exact) mass is 336 g/mol. The molecule has 0 heterocycles. The minimum absolute atomic E-state index is 0.334. The number of carbonyl (C=O) groups is 1. The molecule has 0 spiro atoms. The van der Waals surface area contributed by atoms with Gasteiger partial charge in [-0.1, -0.05) is 29.8 Å². The number of amides is 2. The normalized spacial score (nSPS) is 10.2. The topological polar surface area (TPSA) is 41.1 Å². The van der Waals surface area contributed by atoms with Crippen LogP contribution in [0.2, 0.25) is 0 Å². The third-order valence-electron chi connectivity index (χ3n) is 2.71. The molecule has 2 amide bonds. The van der Waals surface area contributed by atoms with Gasteiger partial charge in [-0.2, -0.15) is 0 Å². The Morgan fingerprint density at radius 1 is 1.25 bits per heavy atom. The molecular formula is C15H14BrFN2O. The summed E-state index contributed by atoms with van der Waals surface area (Å²) in [4.78, 5) is 11.8. The van der Waals surface area contributed by atoms with Gasteiger partial charge in [0.1, 0.15) is 5.82 Å². The van der Waals surface area contributed by atoms with Gasteiger partial charge in [-0.3, -0.25) is 0 Å². The van der Waals surface area contributed by atoms with E-state index in [1.165, 1.54) is 18.2 Å². The van der Waals surface area contributed by atoms with Crippen molar-refractivity contribution in [3.05, 3.63) is 63.9 Å². The van der Waals surface area contributed by atoms with Crippen molar-refractivity contribution in [1.29, 1.82) is 0 Å². The van der Waals surface area contributed by atoms with Crippen LogP contribution in [0.4, 0.5) is 14.9 Å². The Hall–Kier alpha value is -1.88. The quantitative estimate of drug-likeness (QED) is 0.865. The number of hydrogen-bond acceptors (Lipinski definition) is 1. The van der Waals surface area contributed by atoms with Crippen molar-refractivity contribution >= 4 is 27.6 Å². The summed E-state index contributed by atoms with van der Waals surface area (Å²) < 4.78 is 13.4. The molecule has 2 aromatic carbocycles. The minimum atomic E-state index is -0.359. The molecule has 0 atom stereocenters. The predicted octanol–water partition coefficient (Wildman–Crippen LogP) is 4.22. The van der Waals surface area contributed by atoms with Crippen molar-refractivity contribution < 1.29 is 9.18 Å². The molecule has 5 heteroatoms. The van der Waals surface area contributed by atoms with E-state index in [1.807, 2.05) is 31.2 Å². The molecule has 0 bridgehead atoms. The second kappa shape index (κ2) is 6.52. The van der Waals surface area contributed by atoms with Crippen molar-refractivity contribution in [1.82, 2.24) is 5.32 Å². The van der Waals surface area contributed by atoms with Crippen molar-refractivity contribution in [3.8, 4) is 0 Å². The third-order valence-corrected chi connectivity index (χ3v) is 3.37. The summed E-state index contributed by atoms with van der Waals surface area (Å²) in [5.41, 5.74) is 2.69. The van der Waals surface area contributed by atoms with Crippen LogP contribution in [0.3, 0.4) is 0 Å². The summed E-state index contributed by atoms with van der Waals surface area (Å²) >= 11 is 3.20. The number of anilines is 1. The zero-order valence-electron chi connectivity index (χ0n) is 10.9. The number of rotatable bonds is 3. The van der Waals surface area contributed by atoms with Gasteiger partial charge in [-0.05, 0) is 46.6 Å². The van der Waals surface area contributed by atoms with E-state index in [-0.39, 0.29) is 11.8 Å². The minimum Gasteiger partial charge on any atom is -0.334 e. The lowest BCUT2D eigenvalue weighted by atomic mass is 10.1. The van der Waals surface area contributed by atoms with Crippen molar-refractivity contribution in [2.24, 2.45) is 0 Å². The Kier molecular flexibility index (Phi) is 4.74. The summed E-state index contributed by atoms with van der Waals surface area (Å²) in [7, 11) is 0. The molecule has 0 fully saturated rings. The van der Waals surface area contributed by atoms with Crippen LogP contribution in [0.1, 0.15) is 11.1 Å². The largest absolute Gasteiger partial charge is 0.334 e. The number of carbonyl (C=O) groups excluding carboxylic acids is 1. The SMILES string of the molecule is Cc1cccc(CNC(=O)Nc2ccc(F)cc2Br)c1. The lowest BCUT2D eigenvalue weighted by molar-refractivity contribution is 0.251. The van der Waals surface area contributed by atoms with Crippen LogP contribution in [0.25, 0.3) is 0 Å². The molecule has 0 aliphatic heterocycles. The fourth-order valence-electron chi connectivity index (χ4n) is 1.76. The highest BCUT2D eigenvalue weighted by molar-refractivity contribution is 9.10. The number of benzene rings is 2. The first kappa shape index (κ1) is 14.5. The maximum absolute atomic E-state index is 12.9. The third kappa shape index (κ3) is 4.06. The molecule has 0 saturated carbocycles.